The molecule has 0 bridgehead atoms. The average molecular weight is 231 g/mol. The van der Waals surface area contributed by atoms with Crippen molar-refractivity contribution in [2.75, 3.05) is 12.3 Å². The van der Waals surface area contributed by atoms with E-state index in [2.05, 4.69) is 4.98 Å². The molecule has 0 radical (unpaired) electrons. The van der Waals surface area contributed by atoms with E-state index in [0.717, 1.165) is 10.8 Å². The predicted octanol–water partition coefficient (Wildman–Crippen LogP) is 1.69. The summed E-state index contributed by atoms with van der Waals surface area (Å²) in [5, 5.41) is 11.1. The second kappa shape index (κ2) is 5.84. The van der Waals surface area contributed by atoms with E-state index in [1.54, 1.807) is 16.9 Å². The summed E-state index contributed by atoms with van der Waals surface area (Å²) in [6.07, 6.45) is 1.26. The molecular weight excluding hydrogens is 222 g/mol. The van der Waals surface area contributed by atoms with Gasteiger partial charge in [0.1, 0.15) is 11.2 Å². The third-order valence-corrected chi connectivity index (χ3v) is 3.58. The Bertz CT molecular complexity index is 304. The molecule has 1 heterocycles. The fourth-order valence-corrected chi connectivity index (χ4v) is 2.40. The quantitative estimate of drug-likeness (QED) is 0.359. The lowest BCUT2D eigenvalue weighted by molar-refractivity contribution is -0.385. The van der Waals surface area contributed by atoms with Crippen molar-refractivity contribution in [1.82, 2.24) is 4.98 Å². The zero-order valence-corrected chi connectivity index (χ0v) is 8.88. The molecule has 0 saturated heterocycles. The monoisotopic (exact) mass is 231 g/mol. The molecule has 0 aliphatic carbocycles. The van der Waals surface area contributed by atoms with Crippen LogP contribution < -0.4 is 5.73 Å². The van der Waals surface area contributed by atoms with Crippen molar-refractivity contribution in [1.29, 1.82) is 0 Å². The second-order valence-electron chi connectivity index (χ2n) is 2.31. The molecule has 14 heavy (non-hydrogen) atoms. The van der Waals surface area contributed by atoms with Gasteiger partial charge in [0.05, 0.1) is 4.92 Å². The molecule has 76 valence electrons. The van der Waals surface area contributed by atoms with Crippen LogP contribution in [-0.4, -0.2) is 22.2 Å². The molecule has 1 aromatic rings. The summed E-state index contributed by atoms with van der Waals surface area (Å²) >= 11 is 0. The summed E-state index contributed by atoms with van der Waals surface area (Å²) in [6, 6.07) is 3.07. The predicted molar refractivity (Wildman–Crippen MR) is 58.3 cm³/mol. The van der Waals surface area contributed by atoms with Crippen LogP contribution in [0.3, 0.4) is 0 Å². The van der Waals surface area contributed by atoms with Gasteiger partial charge in [-0.1, -0.05) is 10.8 Å². The normalized spacial score (nSPS) is 10.1. The molecule has 1 rings (SSSR count). The molecule has 0 amide bonds. The molecule has 7 heteroatoms. The number of hydrogen-bond donors (Lipinski definition) is 1. The summed E-state index contributed by atoms with van der Waals surface area (Å²) in [4.78, 5) is 13.8. The van der Waals surface area contributed by atoms with Crippen LogP contribution in [0.15, 0.2) is 23.4 Å². The van der Waals surface area contributed by atoms with Crippen LogP contribution in [0.5, 0.6) is 0 Å². The van der Waals surface area contributed by atoms with Crippen molar-refractivity contribution in [2.45, 2.75) is 5.03 Å². The van der Waals surface area contributed by atoms with Crippen LogP contribution in [0.25, 0.3) is 0 Å². The third-order valence-electron chi connectivity index (χ3n) is 1.28. The van der Waals surface area contributed by atoms with Gasteiger partial charge in [-0.2, -0.15) is 0 Å². The first-order chi connectivity index (χ1) is 6.74. The minimum atomic E-state index is -0.464. The number of pyridine rings is 1. The Kier molecular flexibility index (Phi) is 4.71. The van der Waals surface area contributed by atoms with Crippen LogP contribution in [0.1, 0.15) is 0 Å². The first kappa shape index (κ1) is 11.3. The maximum atomic E-state index is 10.3. The average Bonchev–Trinajstić information content (AvgIpc) is 2.19. The smallest absolute Gasteiger partial charge is 0.287 e. The lowest BCUT2D eigenvalue weighted by atomic mass is 10.4. The van der Waals surface area contributed by atoms with Crippen molar-refractivity contribution >= 4 is 27.3 Å². The van der Waals surface area contributed by atoms with Crippen molar-refractivity contribution in [3.63, 3.8) is 0 Å². The van der Waals surface area contributed by atoms with E-state index in [1.165, 1.54) is 23.1 Å². The number of nitrogens with zero attached hydrogens (tertiary/aromatic N) is 2. The van der Waals surface area contributed by atoms with Gasteiger partial charge in [0.15, 0.2) is 0 Å². The number of nitro groups is 1. The van der Waals surface area contributed by atoms with Crippen molar-refractivity contribution in [3.05, 3.63) is 28.4 Å². The Morgan fingerprint density at radius 3 is 2.86 bits per heavy atom. The number of hydrogen-bond acceptors (Lipinski definition) is 6. The molecule has 0 unspecified atom stereocenters. The summed E-state index contributed by atoms with van der Waals surface area (Å²) in [5.41, 5.74) is 5.32. The van der Waals surface area contributed by atoms with Crippen molar-refractivity contribution in [2.24, 2.45) is 5.73 Å². The molecule has 2 N–H and O–H groups in total. The summed E-state index contributed by atoms with van der Waals surface area (Å²) in [6.45, 7) is 0.616. The topological polar surface area (TPSA) is 82.0 Å². The van der Waals surface area contributed by atoms with Crippen LogP contribution in [0.2, 0.25) is 0 Å². The first-order valence-electron chi connectivity index (χ1n) is 3.84. The van der Waals surface area contributed by atoms with Gasteiger partial charge in [0.25, 0.3) is 5.69 Å². The Morgan fingerprint density at radius 1 is 1.57 bits per heavy atom. The second-order valence-corrected chi connectivity index (χ2v) is 4.74. The molecule has 5 nitrogen and oxygen atoms in total. The summed E-state index contributed by atoms with van der Waals surface area (Å²) in [5.74, 6) is 0.837. The molecule has 0 spiro atoms. The third kappa shape index (κ3) is 3.52. The van der Waals surface area contributed by atoms with E-state index in [9.17, 15) is 10.1 Å². The van der Waals surface area contributed by atoms with Gasteiger partial charge in [0, 0.05) is 18.4 Å². The van der Waals surface area contributed by atoms with Gasteiger partial charge in [-0.05, 0) is 16.9 Å². The van der Waals surface area contributed by atoms with E-state index < -0.39 is 4.92 Å². The molecule has 0 aliphatic heterocycles. The lowest BCUT2D eigenvalue weighted by Crippen LogP contribution is -1.99. The van der Waals surface area contributed by atoms with Gasteiger partial charge in [0.2, 0.25) is 0 Å². The molecule has 0 aliphatic rings. The highest BCUT2D eigenvalue weighted by Gasteiger charge is 2.05. The maximum absolute atomic E-state index is 10.3. The zero-order chi connectivity index (χ0) is 10.4. The molecule has 0 fully saturated rings. The number of aromatic nitrogens is 1. The van der Waals surface area contributed by atoms with Crippen LogP contribution in [0.4, 0.5) is 5.69 Å². The Morgan fingerprint density at radius 2 is 2.36 bits per heavy atom. The minimum absolute atomic E-state index is 0.0122. The van der Waals surface area contributed by atoms with Crippen LogP contribution in [0, 0.1) is 10.1 Å². The first-order valence-corrected chi connectivity index (χ1v) is 6.16. The minimum Gasteiger partial charge on any atom is -0.330 e. The Balaban J connectivity index is 2.51. The van der Waals surface area contributed by atoms with Crippen molar-refractivity contribution in [3.8, 4) is 0 Å². The molecule has 1 aromatic heterocycles. The molecule has 0 atom stereocenters. The van der Waals surface area contributed by atoms with Gasteiger partial charge in [-0.3, -0.25) is 10.1 Å². The fraction of sp³-hybridized carbons (Fsp3) is 0.286. The summed E-state index contributed by atoms with van der Waals surface area (Å²) in [7, 11) is 3.05. The molecule has 0 aromatic carbocycles. The van der Waals surface area contributed by atoms with Gasteiger partial charge in [-0.15, -0.1) is 0 Å². The fourth-order valence-electron chi connectivity index (χ4n) is 0.680. The van der Waals surface area contributed by atoms with E-state index in [1.807, 2.05) is 0 Å². The maximum Gasteiger partial charge on any atom is 0.287 e. The zero-order valence-electron chi connectivity index (χ0n) is 7.25. The van der Waals surface area contributed by atoms with Gasteiger partial charge < -0.3 is 5.73 Å². The van der Waals surface area contributed by atoms with Gasteiger partial charge in [-0.25, -0.2) is 4.98 Å². The molecular formula is C7H9N3O2S2. The largest absolute Gasteiger partial charge is 0.330 e. The van der Waals surface area contributed by atoms with Gasteiger partial charge >= 0.3 is 0 Å². The molecule has 0 saturated carbocycles. The lowest BCUT2D eigenvalue weighted by Gasteiger charge is -1.97. The van der Waals surface area contributed by atoms with Crippen LogP contribution >= 0.6 is 21.6 Å². The van der Waals surface area contributed by atoms with E-state index >= 15 is 0 Å². The van der Waals surface area contributed by atoms with E-state index in [4.69, 9.17) is 5.73 Å². The summed E-state index contributed by atoms with van der Waals surface area (Å²) < 4.78 is 0. The SMILES string of the molecule is NCCSSc1ccc([N+](=O)[O-])cn1. The standard InChI is InChI=1S/C7H9N3O2S2/c8-3-4-13-14-7-2-1-6(5-9-7)10(11)12/h1-2,5H,3-4,8H2. The Labute approximate surface area is 89.0 Å². The van der Waals surface area contributed by atoms with E-state index in [0.29, 0.717) is 6.54 Å². The Hall–Kier alpha value is -0.790. The number of nitrogens with two attached hydrogens (primary N) is 1. The highest BCUT2D eigenvalue weighted by atomic mass is 33.1. The van der Waals surface area contributed by atoms with Crippen molar-refractivity contribution < 1.29 is 4.92 Å². The number of rotatable bonds is 5. The van der Waals surface area contributed by atoms with Crippen LogP contribution in [-0.2, 0) is 0 Å². The highest BCUT2D eigenvalue weighted by Crippen LogP contribution is 2.29. The van der Waals surface area contributed by atoms with E-state index in [-0.39, 0.29) is 5.69 Å². The highest BCUT2D eigenvalue weighted by molar-refractivity contribution is 8.76.